The van der Waals surface area contributed by atoms with Gasteiger partial charge in [0.1, 0.15) is 5.03 Å². The molecule has 5 nitrogen and oxygen atoms in total. The first-order valence-electron chi connectivity index (χ1n) is 7.53. The van der Waals surface area contributed by atoms with Crippen molar-refractivity contribution in [1.82, 2.24) is 9.97 Å². The molecule has 0 saturated heterocycles. The molecule has 0 radical (unpaired) electrons. The van der Waals surface area contributed by atoms with Gasteiger partial charge in [-0.15, -0.1) is 11.8 Å². The second-order valence-corrected chi connectivity index (χ2v) is 7.08. The van der Waals surface area contributed by atoms with Crippen molar-refractivity contribution in [2.24, 2.45) is 0 Å². The normalized spacial score (nSPS) is 10.7. The molecule has 128 valence electrons. The van der Waals surface area contributed by atoms with E-state index in [4.69, 9.17) is 4.42 Å². The van der Waals surface area contributed by atoms with Crippen LogP contribution >= 0.6 is 27.7 Å². The monoisotopic (exact) mass is 417 g/mol. The highest BCUT2D eigenvalue weighted by molar-refractivity contribution is 9.10. The number of anilines is 1. The second kappa shape index (κ2) is 7.41. The summed E-state index contributed by atoms with van der Waals surface area (Å²) in [5.74, 6) is 0.809. The van der Waals surface area contributed by atoms with E-state index in [1.54, 1.807) is 25.3 Å². The maximum atomic E-state index is 12.8. The quantitative estimate of drug-likeness (QED) is 0.472. The molecule has 1 amide bonds. The Morgan fingerprint density at radius 3 is 2.68 bits per heavy atom. The minimum Gasteiger partial charge on any atom is -0.461 e. The smallest absolute Gasteiger partial charge is 0.260 e. The molecule has 1 aromatic carbocycles. The van der Waals surface area contributed by atoms with Gasteiger partial charge in [0.2, 0.25) is 0 Å². The average molecular weight is 418 g/mol. The number of nitrogens with zero attached hydrogens (tertiary/aromatic N) is 2. The summed E-state index contributed by atoms with van der Waals surface area (Å²) in [6, 6.07) is 9.33. The Bertz CT molecular complexity index is 926. The van der Waals surface area contributed by atoms with Crippen molar-refractivity contribution in [2.45, 2.75) is 18.9 Å². The number of furan rings is 1. The Kier molecular flexibility index (Phi) is 5.24. The van der Waals surface area contributed by atoms with Gasteiger partial charge in [0, 0.05) is 4.47 Å². The van der Waals surface area contributed by atoms with E-state index < -0.39 is 0 Å². The molecule has 2 heterocycles. The third kappa shape index (κ3) is 3.77. The fourth-order valence-corrected chi connectivity index (χ4v) is 3.59. The number of thioether (sulfide) groups is 1. The molecule has 3 aromatic rings. The minimum atomic E-state index is -0.239. The number of nitrogens with one attached hydrogen (secondary N) is 1. The van der Waals surface area contributed by atoms with Gasteiger partial charge in [-0.1, -0.05) is 6.07 Å². The van der Waals surface area contributed by atoms with Crippen molar-refractivity contribution in [1.29, 1.82) is 0 Å². The summed E-state index contributed by atoms with van der Waals surface area (Å²) in [7, 11) is 0. The van der Waals surface area contributed by atoms with Crippen molar-refractivity contribution in [3.8, 4) is 11.6 Å². The highest BCUT2D eigenvalue weighted by Crippen LogP contribution is 2.28. The topological polar surface area (TPSA) is 68.0 Å². The molecular formula is C18H16BrN3O2S. The third-order valence-corrected chi connectivity index (χ3v) is 4.93. The molecule has 1 N–H and O–H groups in total. The summed E-state index contributed by atoms with van der Waals surface area (Å²) in [6.45, 7) is 3.79. The zero-order valence-corrected chi connectivity index (χ0v) is 16.4. The van der Waals surface area contributed by atoms with Gasteiger partial charge >= 0.3 is 0 Å². The summed E-state index contributed by atoms with van der Waals surface area (Å²) in [6.07, 6.45) is 3.45. The maximum Gasteiger partial charge on any atom is 0.260 e. The lowest BCUT2D eigenvalue weighted by atomic mass is 10.2. The largest absolute Gasteiger partial charge is 0.461 e. The number of amides is 1. The van der Waals surface area contributed by atoms with Crippen LogP contribution in [0.15, 0.2) is 50.5 Å². The zero-order valence-electron chi connectivity index (χ0n) is 14.0. The molecule has 7 heteroatoms. The Morgan fingerprint density at radius 1 is 1.24 bits per heavy atom. The summed E-state index contributed by atoms with van der Waals surface area (Å²) >= 11 is 4.88. The van der Waals surface area contributed by atoms with E-state index in [1.807, 2.05) is 31.4 Å². The molecule has 0 spiro atoms. The second-order valence-electron chi connectivity index (χ2n) is 5.43. The van der Waals surface area contributed by atoms with Gasteiger partial charge in [-0.05, 0) is 65.9 Å². The highest BCUT2D eigenvalue weighted by Gasteiger charge is 2.20. The van der Waals surface area contributed by atoms with Crippen LogP contribution in [-0.2, 0) is 0 Å². The summed E-state index contributed by atoms with van der Waals surface area (Å²) in [5.41, 5.74) is 2.89. The van der Waals surface area contributed by atoms with Crippen LogP contribution in [0.1, 0.15) is 21.6 Å². The number of aryl methyl sites for hydroxylation is 2. The van der Waals surface area contributed by atoms with E-state index in [-0.39, 0.29) is 5.91 Å². The maximum absolute atomic E-state index is 12.8. The van der Waals surface area contributed by atoms with Gasteiger partial charge in [-0.2, -0.15) is 0 Å². The van der Waals surface area contributed by atoms with Gasteiger partial charge < -0.3 is 9.73 Å². The van der Waals surface area contributed by atoms with E-state index >= 15 is 0 Å². The first kappa shape index (κ1) is 17.7. The number of hydrogen-bond donors (Lipinski definition) is 1. The first-order valence-corrected chi connectivity index (χ1v) is 9.55. The number of carbonyl (C=O) groups is 1. The highest BCUT2D eigenvalue weighted by atomic mass is 79.9. The number of carbonyl (C=O) groups excluding carboxylic acids is 1. The molecule has 3 rings (SSSR count). The number of halogens is 1. The predicted octanol–water partition coefficient (Wildman–Crippen LogP) is 5.09. The lowest BCUT2D eigenvalue weighted by molar-refractivity contribution is 0.102. The molecular weight excluding hydrogens is 402 g/mol. The van der Waals surface area contributed by atoms with Crippen molar-refractivity contribution < 1.29 is 9.21 Å². The molecule has 0 aliphatic heterocycles. The van der Waals surface area contributed by atoms with Crippen LogP contribution in [0, 0.1) is 13.8 Å². The van der Waals surface area contributed by atoms with Crippen LogP contribution in [-0.4, -0.2) is 22.1 Å². The van der Waals surface area contributed by atoms with Crippen LogP contribution in [0.2, 0.25) is 0 Å². The van der Waals surface area contributed by atoms with Crippen LogP contribution in [0.4, 0.5) is 5.69 Å². The van der Waals surface area contributed by atoms with E-state index in [0.29, 0.717) is 33.6 Å². The van der Waals surface area contributed by atoms with E-state index in [9.17, 15) is 4.79 Å². The van der Waals surface area contributed by atoms with Crippen LogP contribution in [0.5, 0.6) is 0 Å². The number of aromatic nitrogens is 2. The Morgan fingerprint density at radius 2 is 2.04 bits per heavy atom. The molecule has 0 saturated carbocycles. The van der Waals surface area contributed by atoms with Crippen LogP contribution in [0.25, 0.3) is 11.6 Å². The Labute approximate surface area is 158 Å². The van der Waals surface area contributed by atoms with Gasteiger partial charge in [0.05, 0.1) is 23.2 Å². The van der Waals surface area contributed by atoms with Gasteiger partial charge in [0.15, 0.2) is 11.6 Å². The van der Waals surface area contributed by atoms with E-state index in [0.717, 1.165) is 10.0 Å². The standard InChI is InChI=1S/C18H16BrN3O2S/c1-10-6-7-13(12(19)9-10)21-17(23)15-11(2)20-16(22-18(15)25-3)14-5-4-8-24-14/h4-9H,1-3H3,(H,21,23). The van der Waals surface area contributed by atoms with Crippen LogP contribution in [0.3, 0.4) is 0 Å². The fraction of sp³-hybridized carbons (Fsp3) is 0.167. The summed E-state index contributed by atoms with van der Waals surface area (Å²) in [4.78, 5) is 21.7. The summed E-state index contributed by atoms with van der Waals surface area (Å²) < 4.78 is 6.19. The molecule has 0 atom stereocenters. The number of benzene rings is 1. The van der Waals surface area contributed by atoms with Gasteiger partial charge in [-0.25, -0.2) is 9.97 Å². The number of rotatable bonds is 4. The third-order valence-electron chi connectivity index (χ3n) is 3.59. The molecule has 2 aromatic heterocycles. The predicted molar refractivity (Wildman–Crippen MR) is 103 cm³/mol. The average Bonchev–Trinajstić information content (AvgIpc) is 3.11. The minimum absolute atomic E-state index is 0.239. The molecule has 25 heavy (non-hydrogen) atoms. The van der Waals surface area contributed by atoms with E-state index in [1.165, 1.54) is 11.8 Å². The Hall–Kier alpha value is -2.12. The molecule has 0 aliphatic rings. The van der Waals surface area contributed by atoms with Gasteiger partial charge in [0.25, 0.3) is 5.91 Å². The van der Waals surface area contributed by atoms with Crippen molar-refractivity contribution in [3.05, 3.63) is 57.9 Å². The molecule has 0 aliphatic carbocycles. The molecule has 0 fully saturated rings. The lowest BCUT2D eigenvalue weighted by Crippen LogP contribution is -2.17. The zero-order chi connectivity index (χ0) is 18.0. The summed E-state index contributed by atoms with van der Waals surface area (Å²) in [5, 5.41) is 3.53. The van der Waals surface area contributed by atoms with Gasteiger partial charge in [-0.3, -0.25) is 4.79 Å². The van der Waals surface area contributed by atoms with Crippen molar-refractivity contribution >= 4 is 39.3 Å². The van der Waals surface area contributed by atoms with E-state index in [2.05, 4.69) is 31.2 Å². The Balaban J connectivity index is 1.97. The van der Waals surface area contributed by atoms with Crippen molar-refractivity contribution in [2.75, 3.05) is 11.6 Å². The molecule has 0 bridgehead atoms. The first-order chi connectivity index (χ1) is 12.0. The molecule has 0 unspecified atom stereocenters. The number of hydrogen-bond acceptors (Lipinski definition) is 5. The lowest BCUT2D eigenvalue weighted by Gasteiger charge is -2.13. The van der Waals surface area contributed by atoms with Crippen LogP contribution < -0.4 is 5.32 Å². The SMILES string of the molecule is CSc1nc(-c2ccco2)nc(C)c1C(=O)Nc1ccc(C)cc1Br. The fourth-order valence-electron chi connectivity index (χ4n) is 2.38. The van der Waals surface area contributed by atoms with Crippen molar-refractivity contribution in [3.63, 3.8) is 0 Å².